The molecule has 0 N–H and O–H groups in total. The molecule has 2 heterocycles. The summed E-state index contributed by atoms with van der Waals surface area (Å²) in [5.74, 6) is -0.212. The Balaban J connectivity index is 1.01. The summed E-state index contributed by atoms with van der Waals surface area (Å²) < 4.78 is 20.2. The first kappa shape index (κ1) is 34.0. The van der Waals surface area contributed by atoms with Crippen LogP contribution in [0.1, 0.15) is 0 Å². The van der Waals surface area contributed by atoms with Crippen molar-refractivity contribution in [3.8, 4) is 39.1 Å². The average Bonchev–Trinajstić information content (AvgIpc) is 3.84. The molecule has 58 heavy (non-hydrogen) atoms. The van der Waals surface area contributed by atoms with Crippen LogP contribution < -0.4 is 4.90 Å². The Bertz CT molecular complexity index is 3270. The van der Waals surface area contributed by atoms with E-state index >= 15 is 4.39 Å². The normalized spacial score (nSPS) is 11.5. The summed E-state index contributed by atoms with van der Waals surface area (Å²) in [6.45, 7) is 0. The third-order valence-corrected chi connectivity index (χ3v) is 12.5. The highest BCUT2D eigenvalue weighted by atomic mass is 32.1. The molecule has 11 rings (SSSR count). The number of halogens is 1. The molecule has 274 valence electrons. The van der Waals surface area contributed by atoms with Crippen LogP contribution in [0.5, 0.6) is 0 Å². The molecule has 0 unspecified atom stereocenters. The molecule has 0 atom stereocenters. The van der Waals surface area contributed by atoms with E-state index in [1.165, 1.54) is 42.4 Å². The second kappa shape index (κ2) is 14.0. The van der Waals surface area contributed by atoms with Crippen molar-refractivity contribution in [2.45, 2.75) is 0 Å². The van der Waals surface area contributed by atoms with Gasteiger partial charge in [-0.25, -0.2) is 4.39 Å². The Morgan fingerprint density at radius 1 is 0.379 bits per heavy atom. The Hall–Kier alpha value is -7.27. The highest BCUT2D eigenvalue weighted by Gasteiger charge is 2.19. The minimum absolute atomic E-state index is 0.212. The van der Waals surface area contributed by atoms with Gasteiger partial charge in [-0.05, 0) is 94.5 Å². The maximum Gasteiger partial charge on any atom is 0.133 e. The third kappa shape index (κ3) is 5.69. The number of hydrogen-bond donors (Lipinski definition) is 0. The molecule has 9 aromatic carbocycles. The number of thiophene rings is 1. The molecule has 0 aliphatic carbocycles. The van der Waals surface area contributed by atoms with E-state index in [1.807, 2.05) is 35.6 Å². The molecule has 11 aromatic rings. The van der Waals surface area contributed by atoms with E-state index in [2.05, 4.69) is 185 Å². The van der Waals surface area contributed by atoms with Crippen LogP contribution in [0.25, 0.3) is 81.0 Å². The number of benzene rings is 9. The summed E-state index contributed by atoms with van der Waals surface area (Å²) in [6.07, 6.45) is 0. The number of nitrogens with zero attached hydrogens (tertiary/aromatic N) is 2. The van der Waals surface area contributed by atoms with Gasteiger partial charge in [0.1, 0.15) is 5.82 Å². The summed E-state index contributed by atoms with van der Waals surface area (Å²) >= 11 is 1.86. The summed E-state index contributed by atoms with van der Waals surface area (Å²) in [5, 5.41) is 4.15. The minimum Gasteiger partial charge on any atom is -0.311 e. The van der Waals surface area contributed by atoms with Crippen LogP contribution in [-0.4, -0.2) is 4.57 Å². The second-order valence-corrected chi connectivity index (χ2v) is 15.7. The molecule has 0 fully saturated rings. The van der Waals surface area contributed by atoms with Crippen molar-refractivity contribution in [3.63, 3.8) is 0 Å². The number of rotatable bonds is 7. The Labute approximate surface area is 339 Å². The maximum absolute atomic E-state index is 15.4. The SMILES string of the molecule is Fc1cccc2c1c1ccccc1n2-c1ccccc1-c1ccc(N(c2ccc(-c3ccccc3)cc2)c2ccc(-c3cccc4c3sc3ccccc34)cc2)cc1. The second-order valence-electron chi connectivity index (χ2n) is 14.6. The van der Waals surface area contributed by atoms with E-state index in [0.29, 0.717) is 5.39 Å². The van der Waals surface area contributed by atoms with Gasteiger partial charge in [-0.15, -0.1) is 11.3 Å². The fraction of sp³-hybridized carbons (Fsp3) is 0. The van der Waals surface area contributed by atoms with Gasteiger partial charge in [0.05, 0.1) is 16.7 Å². The van der Waals surface area contributed by atoms with Gasteiger partial charge in [-0.3, -0.25) is 0 Å². The smallest absolute Gasteiger partial charge is 0.133 e. The average molecular weight is 763 g/mol. The fourth-order valence-electron chi connectivity index (χ4n) is 8.58. The van der Waals surface area contributed by atoms with Crippen molar-refractivity contribution in [2.75, 3.05) is 4.90 Å². The number of anilines is 3. The summed E-state index contributed by atoms with van der Waals surface area (Å²) in [7, 11) is 0. The molecule has 0 saturated heterocycles. The van der Waals surface area contributed by atoms with Crippen molar-refractivity contribution in [3.05, 3.63) is 218 Å². The Morgan fingerprint density at radius 3 is 1.64 bits per heavy atom. The topological polar surface area (TPSA) is 8.17 Å². The molecule has 2 nitrogen and oxygen atoms in total. The minimum atomic E-state index is -0.212. The molecule has 0 spiro atoms. The quantitative estimate of drug-likeness (QED) is 0.157. The fourth-order valence-corrected chi connectivity index (χ4v) is 9.82. The van der Waals surface area contributed by atoms with Gasteiger partial charge in [0.25, 0.3) is 0 Å². The van der Waals surface area contributed by atoms with Gasteiger partial charge in [-0.2, -0.15) is 0 Å². The van der Waals surface area contributed by atoms with E-state index in [1.54, 1.807) is 12.1 Å². The van der Waals surface area contributed by atoms with Crippen LogP contribution in [0.15, 0.2) is 212 Å². The molecule has 0 bridgehead atoms. The Kier molecular flexibility index (Phi) is 8.23. The van der Waals surface area contributed by atoms with Crippen molar-refractivity contribution >= 4 is 70.4 Å². The van der Waals surface area contributed by atoms with Crippen molar-refractivity contribution in [1.29, 1.82) is 0 Å². The summed E-state index contributed by atoms with van der Waals surface area (Å²) in [5.41, 5.74) is 13.0. The van der Waals surface area contributed by atoms with Crippen molar-refractivity contribution in [1.82, 2.24) is 4.57 Å². The molecule has 0 saturated carbocycles. The van der Waals surface area contributed by atoms with Gasteiger partial charge in [0.2, 0.25) is 0 Å². The van der Waals surface area contributed by atoms with Gasteiger partial charge < -0.3 is 9.47 Å². The van der Waals surface area contributed by atoms with Crippen LogP contribution in [-0.2, 0) is 0 Å². The molecular weight excluding hydrogens is 728 g/mol. The predicted molar refractivity (Wildman–Crippen MR) is 245 cm³/mol. The number of hydrogen-bond acceptors (Lipinski definition) is 2. The lowest BCUT2D eigenvalue weighted by Crippen LogP contribution is -2.09. The third-order valence-electron chi connectivity index (χ3n) is 11.3. The first-order valence-corrected chi connectivity index (χ1v) is 20.4. The molecule has 4 heteroatoms. The molecule has 2 aromatic heterocycles. The van der Waals surface area contributed by atoms with Crippen molar-refractivity contribution in [2.24, 2.45) is 0 Å². The molecule has 0 aliphatic rings. The summed E-state index contributed by atoms with van der Waals surface area (Å²) in [4.78, 5) is 2.32. The highest BCUT2D eigenvalue weighted by molar-refractivity contribution is 7.26. The van der Waals surface area contributed by atoms with Crippen LogP contribution >= 0.6 is 11.3 Å². The lowest BCUT2D eigenvalue weighted by atomic mass is 10.0. The molecular formula is C54H35FN2S. The molecule has 0 amide bonds. The number of aromatic nitrogens is 1. The first-order chi connectivity index (χ1) is 28.7. The standard InChI is InChI=1S/C54H35FN2S/c55-48-19-11-22-51-53(48)47-16-5-8-21-50(47)57(51)49-20-7-4-14-43(49)38-26-32-41(33-27-38)56(40-30-24-37(25-31-40)36-12-2-1-3-13-36)42-34-28-39(29-35-42)44-17-10-18-46-45-15-6-9-23-52(45)58-54(44)46/h1-35H. The van der Waals surface area contributed by atoms with Crippen LogP contribution in [0.2, 0.25) is 0 Å². The zero-order chi connectivity index (χ0) is 38.6. The Morgan fingerprint density at radius 2 is 0.897 bits per heavy atom. The maximum atomic E-state index is 15.4. The zero-order valence-corrected chi connectivity index (χ0v) is 32.2. The lowest BCUT2D eigenvalue weighted by Gasteiger charge is -2.26. The van der Waals surface area contributed by atoms with E-state index in [9.17, 15) is 0 Å². The molecule has 0 aliphatic heterocycles. The first-order valence-electron chi connectivity index (χ1n) is 19.5. The van der Waals surface area contributed by atoms with Gasteiger partial charge in [0.15, 0.2) is 0 Å². The van der Waals surface area contributed by atoms with Gasteiger partial charge >= 0.3 is 0 Å². The zero-order valence-electron chi connectivity index (χ0n) is 31.4. The van der Waals surface area contributed by atoms with Crippen LogP contribution in [0, 0.1) is 5.82 Å². The van der Waals surface area contributed by atoms with E-state index in [4.69, 9.17) is 0 Å². The highest BCUT2D eigenvalue weighted by Crippen LogP contribution is 2.43. The monoisotopic (exact) mass is 762 g/mol. The van der Waals surface area contributed by atoms with E-state index < -0.39 is 0 Å². The van der Waals surface area contributed by atoms with Gasteiger partial charge in [-0.1, -0.05) is 146 Å². The predicted octanol–water partition coefficient (Wildman–Crippen LogP) is 15.8. The van der Waals surface area contributed by atoms with Crippen LogP contribution in [0.4, 0.5) is 21.5 Å². The van der Waals surface area contributed by atoms with Gasteiger partial charge in [0, 0.05) is 53.6 Å². The van der Waals surface area contributed by atoms with Crippen molar-refractivity contribution < 1.29 is 4.39 Å². The largest absolute Gasteiger partial charge is 0.311 e. The summed E-state index contributed by atoms with van der Waals surface area (Å²) in [6, 6.07) is 74.2. The number of para-hydroxylation sites is 2. The number of fused-ring (bicyclic) bond motifs is 6. The van der Waals surface area contributed by atoms with Crippen LogP contribution in [0.3, 0.4) is 0 Å². The van der Waals surface area contributed by atoms with E-state index in [-0.39, 0.29) is 5.82 Å². The molecule has 0 radical (unpaired) electrons. The van der Waals surface area contributed by atoms with E-state index in [0.717, 1.165) is 50.3 Å². The lowest BCUT2D eigenvalue weighted by molar-refractivity contribution is 0.640.